The first-order valence-electron chi connectivity index (χ1n) is 8.36. The molecule has 3 aromatic carbocycles. The van der Waals surface area contributed by atoms with E-state index in [1.165, 1.54) is 6.07 Å². The van der Waals surface area contributed by atoms with E-state index in [1.807, 2.05) is 30.3 Å². The van der Waals surface area contributed by atoms with Crippen molar-refractivity contribution in [2.75, 3.05) is 5.32 Å². The number of nitrogens with one attached hydrogen (secondary N) is 2. The molecule has 0 fully saturated rings. The average Bonchev–Trinajstić information content (AvgIpc) is 2.68. The first-order chi connectivity index (χ1) is 13.5. The minimum Gasteiger partial charge on any atom is -0.489 e. The molecule has 0 aliphatic carbocycles. The van der Waals surface area contributed by atoms with Gasteiger partial charge in [0.25, 0.3) is 5.91 Å². The fourth-order valence-corrected chi connectivity index (χ4v) is 2.85. The second kappa shape index (κ2) is 9.26. The molecule has 0 aromatic heterocycles. The fourth-order valence-electron chi connectivity index (χ4n) is 2.40. The van der Waals surface area contributed by atoms with Crippen molar-refractivity contribution in [2.45, 2.75) is 6.61 Å². The third kappa shape index (κ3) is 5.25. The van der Waals surface area contributed by atoms with Crippen molar-refractivity contribution in [3.63, 3.8) is 0 Å². The highest BCUT2D eigenvalue weighted by Crippen LogP contribution is 2.23. The molecule has 0 saturated heterocycles. The van der Waals surface area contributed by atoms with Gasteiger partial charge in [-0.1, -0.05) is 59.6 Å². The molecule has 28 heavy (non-hydrogen) atoms. The normalized spacial score (nSPS) is 10.2. The van der Waals surface area contributed by atoms with Crippen LogP contribution in [0.4, 0.5) is 10.5 Å². The van der Waals surface area contributed by atoms with Gasteiger partial charge in [-0.05, 0) is 36.4 Å². The van der Waals surface area contributed by atoms with Crippen molar-refractivity contribution < 1.29 is 14.3 Å². The molecule has 0 aliphatic heterocycles. The molecule has 142 valence electrons. The zero-order valence-corrected chi connectivity index (χ0v) is 16.1. The maximum atomic E-state index is 12.1. The molecular formula is C21H16Cl2N2O3. The van der Waals surface area contributed by atoms with Crippen LogP contribution in [-0.2, 0) is 6.61 Å². The Labute approximate surface area is 172 Å². The van der Waals surface area contributed by atoms with Gasteiger partial charge in [0.2, 0.25) is 0 Å². The molecular weight excluding hydrogens is 399 g/mol. The summed E-state index contributed by atoms with van der Waals surface area (Å²) in [6.45, 7) is 0.292. The summed E-state index contributed by atoms with van der Waals surface area (Å²) in [6, 6.07) is 20.2. The number of hydrogen-bond donors (Lipinski definition) is 2. The first-order valence-corrected chi connectivity index (χ1v) is 9.11. The number of carbonyl (C=O) groups is 2. The Bertz CT molecular complexity index is 994. The molecule has 3 amide bonds. The zero-order chi connectivity index (χ0) is 19.9. The molecule has 3 aromatic rings. The summed E-state index contributed by atoms with van der Waals surface area (Å²) < 4.78 is 5.67. The summed E-state index contributed by atoms with van der Waals surface area (Å²) in [4.78, 5) is 24.2. The Balaban J connectivity index is 1.58. The number of carbonyl (C=O) groups excluding carboxylic acids is 2. The standard InChI is InChI=1S/C21H16Cl2N2O3/c22-18-9-5-4-8-17(18)20(26)25-21(27)24-15-11-10-14(19(23)12-15)13-28-16-6-2-1-3-7-16/h1-12H,13H2,(H2,24,25,26,27). The lowest BCUT2D eigenvalue weighted by Gasteiger charge is -2.11. The van der Waals surface area contributed by atoms with Crippen LogP contribution in [-0.4, -0.2) is 11.9 Å². The Morgan fingerprint density at radius 1 is 0.857 bits per heavy atom. The fraction of sp³-hybridized carbons (Fsp3) is 0.0476. The van der Waals surface area contributed by atoms with Crippen LogP contribution >= 0.6 is 23.2 Å². The van der Waals surface area contributed by atoms with Gasteiger partial charge in [0.05, 0.1) is 10.6 Å². The number of imide groups is 1. The topological polar surface area (TPSA) is 67.4 Å². The van der Waals surface area contributed by atoms with Crippen molar-refractivity contribution >= 4 is 40.8 Å². The largest absolute Gasteiger partial charge is 0.489 e. The summed E-state index contributed by atoms with van der Waals surface area (Å²) >= 11 is 12.2. The van der Waals surface area contributed by atoms with E-state index >= 15 is 0 Å². The van der Waals surface area contributed by atoms with Crippen LogP contribution in [0.25, 0.3) is 0 Å². The van der Waals surface area contributed by atoms with Gasteiger partial charge in [-0.3, -0.25) is 10.1 Å². The summed E-state index contributed by atoms with van der Waals surface area (Å²) in [5, 5.41) is 5.49. The Hall–Kier alpha value is -3.02. The highest BCUT2D eigenvalue weighted by molar-refractivity contribution is 6.34. The number of anilines is 1. The maximum absolute atomic E-state index is 12.1. The predicted octanol–water partition coefficient (Wildman–Crippen LogP) is 5.53. The highest BCUT2D eigenvalue weighted by atomic mass is 35.5. The molecule has 0 atom stereocenters. The van der Waals surface area contributed by atoms with E-state index < -0.39 is 11.9 Å². The van der Waals surface area contributed by atoms with Crippen LogP contribution in [0.2, 0.25) is 10.0 Å². The van der Waals surface area contributed by atoms with Gasteiger partial charge >= 0.3 is 6.03 Å². The number of rotatable bonds is 5. The lowest BCUT2D eigenvalue weighted by molar-refractivity contribution is 0.0967. The van der Waals surface area contributed by atoms with Gasteiger partial charge < -0.3 is 10.1 Å². The van der Waals surface area contributed by atoms with Crippen LogP contribution in [0.1, 0.15) is 15.9 Å². The van der Waals surface area contributed by atoms with Crippen LogP contribution < -0.4 is 15.4 Å². The summed E-state index contributed by atoms with van der Waals surface area (Å²) in [6.07, 6.45) is 0. The second-order valence-electron chi connectivity index (χ2n) is 5.80. The van der Waals surface area contributed by atoms with Crippen molar-refractivity contribution in [1.29, 1.82) is 0 Å². The molecule has 5 nitrogen and oxygen atoms in total. The molecule has 3 rings (SSSR count). The van der Waals surface area contributed by atoms with E-state index in [-0.39, 0.29) is 10.6 Å². The monoisotopic (exact) mass is 414 g/mol. The minimum absolute atomic E-state index is 0.214. The molecule has 7 heteroatoms. The van der Waals surface area contributed by atoms with Crippen LogP contribution in [0.15, 0.2) is 72.8 Å². The van der Waals surface area contributed by atoms with Crippen molar-refractivity contribution in [3.05, 3.63) is 94.0 Å². The van der Waals surface area contributed by atoms with Crippen LogP contribution in [0.5, 0.6) is 5.75 Å². The van der Waals surface area contributed by atoms with Crippen molar-refractivity contribution in [3.8, 4) is 5.75 Å². The molecule has 0 bridgehead atoms. The van der Waals surface area contributed by atoms with E-state index in [2.05, 4.69) is 10.6 Å². The number of para-hydroxylation sites is 1. The van der Waals surface area contributed by atoms with Gasteiger partial charge in [0.15, 0.2) is 0 Å². The lowest BCUT2D eigenvalue weighted by atomic mass is 10.2. The Morgan fingerprint density at radius 3 is 2.29 bits per heavy atom. The zero-order valence-electron chi connectivity index (χ0n) is 14.6. The summed E-state index contributed by atoms with van der Waals surface area (Å²) in [7, 11) is 0. The van der Waals surface area contributed by atoms with Crippen molar-refractivity contribution in [1.82, 2.24) is 5.32 Å². The van der Waals surface area contributed by atoms with Gasteiger partial charge in [0.1, 0.15) is 12.4 Å². The third-order valence-corrected chi connectivity index (χ3v) is 4.48. The lowest BCUT2D eigenvalue weighted by Crippen LogP contribution is -2.34. The smallest absolute Gasteiger partial charge is 0.326 e. The third-order valence-electron chi connectivity index (χ3n) is 3.79. The number of hydrogen-bond acceptors (Lipinski definition) is 3. The van der Waals surface area contributed by atoms with Gasteiger partial charge in [-0.25, -0.2) is 4.79 Å². The number of halogens is 2. The summed E-state index contributed by atoms with van der Waals surface area (Å²) in [5.74, 6) is 0.139. The Kier molecular flexibility index (Phi) is 6.53. The van der Waals surface area contributed by atoms with E-state index in [4.69, 9.17) is 27.9 Å². The van der Waals surface area contributed by atoms with Gasteiger partial charge in [-0.15, -0.1) is 0 Å². The quantitative estimate of drug-likeness (QED) is 0.576. The van der Waals surface area contributed by atoms with Crippen LogP contribution in [0.3, 0.4) is 0 Å². The van der Waals surface area contributed by atoms with E-state index in [9.17, 15) is 9.59 Å². The van der Waals surface area contributed by atoms with Crippen LogP contribution in [0, 0.1) is 0 Å². The molecule has 0 heterocycles. The molecule has 2 N–H and O–H groups in total. The van der Waals surface area contributed by atoms with E-state index in [0.717, 1.165) is 11.3 Å². The maximum Gasteiger partial charge on any atom is 0.326 e. The SMILES string of the molecule is O=C(NC(=O)c1ccccc1Cl)Nc1ccc(COc2ccccc2)c(Cl)c1. The van der Waals surface area contributed by atoms with Gasteiger partial charge in [-0.2, -0.15) is 0 Å². The summed E-state index contributed by atoms with van der Waals surface area (Å²) in [5.41, 5.74) is 1.42. The Morgan fingerprint density at radius 2 is 1.57 bits per heavy atom. The average molecular weight is 415 g/mol. The number of benzene rings is 3. The van der Waals surface area contributed by atoms with E-state index in [0.29, 0.717) is 17.3 Å². The predicted molar refractivity (Wildman–Crippen MR) is 110 cm³/mol. The number of urea groups is 1. The molecule has 0 saturated carbocycles. The second-order valence-corrected chi connectivity index (χ2v) is 6.61. The molecule has 0 unspecified atom stereocenters. The molecule has 0 radical (unpaired) electrons. The van der Waals surface area contributed by atoms with Crippen molar-refractivity contribution in [2.24, 2.45) is 0 Å². The number of amides is 3. The molecule has 0 aliphatic rings. The highest BCUT2D eigenvalue weighted by Gasteiger charge is 2.13. The van der Waals surface area contributed by atoms with E-state index in [1.54, 1.807) is 36.4 Å². The van der Waals surface area contributed by atoms with Gasteiger partial charge in [0, 0.05) is 16.3 Å². The first kappa shape index (κ1) is 19.7. The number of ether oxygens (including phenoxy) is 1. The molecule has 0 spiro atoms. The minimum atomic E-state index is -0.686.